The molecule has 0 fully saturated rings. The van der Waals surface area contributed by atoms with Gasteiger partial charge in [0.1, 0.15) is 17.9 Å². The van der Waals surface area contributed by atoms with Crippen LogP contribution in [0.1, 0.15) is 0 Å². The van der Waals surface area contributed by atoms with Gasteiger partial charge < -0.3 is 30.2 Å². The number of fused-ring (bicyclic) bond motifs is 1. The molecule has 0 aliphatic rings. The van der Waals surface area contributed by atoms with Crippen LogP contribution in [-0.2, 0) is 4.79 Å². The maximum absolute atomic E-state index is 12.2. The van der Waals surface area contributed by atoms with E-state index in [1.165, 1.54) is 12.4 Å². The van der Waals surface area contributed by atoms with E-state index in [0.717, 1.165) is 40.9 Å². The molecule has 186 valence electrons. The first-order valence-electron chi connectivity index (χ1n) is 11.6. The van der Waals surface area contributed by atoms with Crippen LogP contribution in [0.3, 0.4) is 0 Å². The van der Waals surface area contributed by atoms with Crippen molar-refractivity contribution in [2.75, 3.05) is 56.9 Å². The van der Waals surface area contributed by atoms with Crippen LogP contribution in [0.4, 0.5) is 22.9 Å². The summed E-state index contributed by atoms with van der Waals surface area (Å²) in [6.07, 6.45) is 4.72. The van der Waals surface area contributed by atoms with Crippen molar-refractivity contribution in [3.63, 3.8) is 0 Å². The molecule has 4 aromatic rings. The Morgan fingerprint density at radius 2 is 1.92 bits per heavy atom. The van der Waals surface area contributed by atoms with E-state index < -0.39 is 0 Å². The van der Waals surface area contributed by atoms with E-state index in [2.05, 4.69) is 48.0 Å². The summed E-state index contributed by atoms with van der Waals surface area (Å²) in [6.45, 7) is 5.19. The van der Waals surface area contributed by atoms with Crippen LogP contribution >= 0.6 is 0 Å². The van der Waals surface area contributed by atoms with E-state index in [0.29, 0.717) is 22.9 Å². The molecule has 4 rings (SSSR count). The van der Waals surface area contributed by atoms with Gasteiger partial charge in [-0.1, -0.05) is 24.8 Å². The van der Waals surface area contributed by atoms with E-state index in [-0.39, 0.29) is 5.91 Å². The van der Waals surface area contributed by atoms with Gasteiger partial charge in [-0.15, -0.1) is 0 Å². The Bertz CT molecular complexity index is 1380. The molecule has 36 heavy (non-hydrogen) atoms. The highest BCUT2D eigenvalue weighted by Crippen LogP contribution is 2.38. The number of nitrogens with one attached hydrogen (secondary N) is 3. The van der Waals surface area contributed by atoms with Crippen molar-refractivity contribution in [2.24, 2.45) is 0 Å². The molecule has 0 bridgehead atoms. The van der Waals surface area contributed by atoms with Gasteiger partial charge in [0.15, 0.2) is 0 Å². The normalized spacial score (nSPS) is 10.9. The maximum atomic E-state index is 12.2. The Morgan fingerprint density at radius 1 is 1.11 bits per heavy atom. The number of carbonyl (C=O) groups is 1. The van der Waals surface area contributed by atoms with Crippen molar-refractivity contribution >= 4 is 39.7 Å². The summed E-state index contributed by atoms with van der Waals surface area (Å²) in [6, 6.07) is 13.7. The van der Waals surface area contributed by atoms with Crippen LogP contribution in [-0.4, -0.2) is 67.1 Å². The molecule has 0 saturated carbocycles. The predicted octanol–water partition coefficient (Wildman–Crippen LogP) is 4.50. The maximum Gasteiger partial charge on any atom is 0.247 e. The Morgan fingerprint density at radius 3 is 2.67 bits per heavy atom. The van der Waals surface area contributed by atoms with Crippen molar-refractivity contribution in [3.05, 3.63) is 67.6 Å². The molecular formula is C27H31N7O2. The summed E-state index contributed by atoms with van der Waals surface area (Å²) >= 11 is 0. The second-order valence-corrected chi connectivity index (χ2v) is 8.65. The molecule has 0 aliphatic heterocycles. The van der Waals surface area contributed by atoms with Gasteiger partial charge in [0.05, 0.1) is 29.9 Å². The highest BCUT2D eigenvalue weighted by Gasteiger charge is 2.17. The largest absolute Gasteiger partial charge is 0.494 e. The third-order valence-electron chi connectivity index (χ3n) is 5.85. The number of anilines is 4. The van der Waals surface area contributed by atoms with Gasteiger partial charge in [-0.25, -0.2) is 9.97 Å². The van der Waals surface area contributed by atoms with Gasteiger partial charge in [0, 0.05) is 54.9 Å². The molecule has 0 unspecified atom stereocenters. The molecule has 0 atom stereocenters. The lowest BCUT2D eigenvalue weighted by Crippen LogP contribution is -2.29. The minimum Gasteiger partial charge on any atom is -0.494 e. The Kier molecular flexibility index (Phi) is 7.50. The quantitative estimate of drug-likeness (QED) is 0.285. The van der Waals surface area contributed by atoms with Crippen LogP contribution in [0.2, 0.25) is 0 Å². The van der Waals surface area contributed by atoms with Gasteiger partial charge in [-0.05, 0) is 32.3 Å². The first-order valence-corrected chi connectivity index (χ1v) is 11.6. The molecule has 9 nitrogen and oxygen atoms in total. The van der Waals surface area contributed by atoms with E-state index >= 15 is 0 Å². The smallest absolute Gasteiger partial charge is 0.247 e. The SMILES string of the molecule is C=CC(=O)Nc1cc(Nc2cc(-c3c[nH]c4ccccc34)ncn2)c(OC)cc1N(C)CCN(C)C. The molecule has 2 aromatic heterocycles. The number of rotatable bonds is 10. The molecule has 0 saturated heterocycles. The summed E-state index contributed by atoms with van der Waals surface area (Å²) in [5.74, 6) is 0.917. The third kappa shape index (κ3) is 5.47. The van der Waals surface area contributed by atoms with Crippen molar-refractivity contribution < 1.29 is 9.53 Å². The number of aromatic nitrogens is 3. The first kappa shape index (κ1) is 24.7. The predicted molar refractivity (Wildman–Crippen MR) is 146 cm³/mol. The van der Waals surface area contributed by atoms with Gasteiger partial charge in [0.2, 0.25) is 5.91 Å². The van der Waals surface area contributed by atoms with E-state index in [4.69, 9.17) is 4.74 Å². The zero-order valence-electron chi connectivity index (χ0n) is 21.0. The standard InChI is InChI=1S/C27H31N7O2/c1-6-27(35)32-22-13-23(25(36-5)15-24(22)34(4)12-11-33(2)3)31-26-14-21(29-17-30-26)19-16-28-20-10-8-7-9-18(19)20/h6-10,13-17,28H,1,11-12H2,2-5H3,(H,32,35)(H,29,30,31). The molecule has 2 heterocycles. The number of hydrogen-bond acceptors (Lipinski definition) is 7. The van der Waals surface area contributed by atoms with Crippen LogP contribution in [0.15, 0.2) is 67.6 Å². The zero-order valence-corrected chi connectivity index (χ0v) is 21.0. The molecule has 0 aliphatic carbocycles. The Hall–Kier alpha value is -4.37. The van der Waals surface area contributed by atoms with Crippen LogP contribution in [0, 0.1) is 0 Å². The lowest BCUT2D eigenvalue weighted by molar-refractivity contribution is -0.111. The van der Waals surface area contributed by atoms with E-state index in [1.54, 1.807) is 7.11 Å². The zero-order chi connectivity index (χ0) is 25.7. The molecule has 9 heteroatoms. The number of amides is 1. The van der Waals surface area contributed by atoms with Crippen LogP contribution in [0.25, 0.3) is 22.2 Å². The number of aromatic amines is 1. The molecule has 1 amide bonds. The van der Waals surface area contributed by atoms with Gasteiger partial charge in [-0.3, -0.25) is 4.79 Å². The lowest BCUT2D eigenvalue weighted by Gasteiger charge is -2.26. The number of para-hydroxylation sites is 1. The minimum absolute atomic E-state index is 0.294. The summed E-state index contributed by atoms with van der Waals surface area (Å²) in [4.78, 5) is 28.5. The summed E-state index contributed by atoms with van der Waals surface area (Å²) in [5, 5.41) is 7.33. The third-order valence-corrected chi connectivity index (χ3v) is 5.85. The monoisotopic (exact) mass is 485 g/mol. The average molecular weight is 486 g/mol. The van der Waals surface area contributed by atoms with Crippen LogP contribution in [0.5, 0.6) is 5.75 Å². The second-order valence-electron chi connectivity index (χ2n) is 8.65. The molecule has 3 N–H and O–H groups in total. The number of hydrogen-bond donors (Lipinski definition) is 3. The number of H-pyrrole nitrogens is 1. The van der Waals surface area contributed by atoms with Crippen LogP contribution < -0.4 is 20.3 Å². The number of methoxy groups -OCH3 is 1. The second kappa shape index (κ2) is 10.9. The van der Waals surface area contributed by atoms with Crippen molar-refractivity contribution in [1.82, 2.24) is 19.9 Å². The number of benzene rings is 2. The van der Waals surface area contributed by atoms with Gasteiger partial charge >= 0.3 is 0 Å². The molecule has 2 aromatic carbocycles. The van der Waals surface area contributed by atoms with Crippen molar-refractivity contribution in [2.45, 2.75) is 0 Å². The number of ether oxygens (including phenoxy) is 1. The number of nitrogens with zero attached hydrogens (tertiary/aromatic N) is 4. The summed E-state index contributed by atoms with van der Waals surface area (Å²) in [5.41, 5.74) is 4.93. The highest BCUT2D eigenvalue weighted by atomic mass is 16.5. The molecular weight excluding hydrogens is 454 g/mol. The number of likely N-dealkylation sites (N-methyl/N-ethyl adjacent to an activating group) is 2. The van der Waals surface area contributed by atoms with Crippen molar-refractivity contribution in [3.8, 4) is 17.0 Å². The Balaban J connectivity index is 1.69. The molecule has 0 spiro atoms. The lowest BCUT2D eigenvalue weighted by atomic mass is 10.1. The topological polar surface area (TPSA) is 98.4 Å². The fraction of sp³-hybridized carbons (Fsp3) is 0.222. The summed E-state index contributed by atoms with van der Waals surface area (Å²) < 4.78 is 5.70. The number of carbonyl (C=O) groups excluding carboxylic acids is 1. The highest BCUT2D eigenvalue weighted by molar-refractivity contribution is 6.02. The molecule has 0 radical (unpaired) electrons. The average Bonchev–Trinajstić information content (AvgIpc) is 3.32. The van der Waals surface area contributed by atoms with E-state index in [1.807, 2.05) is 63.7 Å². The Labute approximate surface area is 210 Å². The van der Waals surface area contributed by atoms with E-state index in [9.17, 15) is 4.79 Å². The summed E-state index contributed by atoms with van der Waals surface area (Å²) in [7, 11) is 7.64. The van der Waals surface area contributed by atoms with Crippen molar-refractivity contribution in [1.29, 1.82) is 0 Å². The van der Waals surface area contributed by atoms with Gasteiger partial charge in [0.25, 0.3) is 0 Å². The van der Waals surface area contributed by atoms with Gasteiger partial charge in [-0.2, -0.15) is 0 Å². The fourth-order valence-corrected chi connectivity index (χ4v) is 3.90. The first-order chi connectivity index (χ1) is 17.4. The fourth-order valence-electron chi connectivity index (χ4n) is 3.90. The minimum atomic E-state index is -0.294.